The van der Waals surface area contributed by atoms with Crippen molar-refractivity contribution in [3.05, 3.63) is 105 Å². The minimum absolute atomic E-state index is 0.0330. The normalized spacial score (nSPS) is 17.0. The molecular weight excluding hydrogens is 598 g/mol. The zero-order valence-corrected chi connectivity index (χ0v) is 30.4. The fourth-order valence-electron chi connectivity index (χ4n) is 6.33. The molecule has 0 aliphatic carbocycles. The van der Waals surface area contributed by atoms with E-state index in [1.807, 2.05) is 43.1 Å². The van der Waals surface area contributed by atoms with Gasteiger partial charge in [-0.15, -0.1) is 5.10 Å². The van der Waals surface area contributed by atoms with E-state index in [1.54, 1.807) is 4.68 Å². The van der Waals surface area contributed by atoms with Gasteiger partial charge in [-0.3, -0.25) is 9.69 Å². The van der Waals surface area contributed by atoms with Gasteiger partial charge in [-0.2, -0.15) is 0 Å². The number of amides is 1. The van der Waals surface area contributed by atoms with E-state index in [0.717, 1.165) is 77.6 Å². The molecule has 1 aromatic heterocycles. The first-order chi connectivity index (χ1) is 22.8. The number of aryl methyl sites for hydroxylation is 4. The monoisotopic (exact) mass is 651 g/mol. The van der Waals surface area contributed by atoms with E-state index in [-0.39, 0.29) is 16.9 Å². The molecule has 1 amide bonds. The lowest BCUT2D eigenvalue weighted by Crippen LogP contribution is -2.56. The first-order valence-electron chi connectivity index (χ1n) is 17.2. The lowest BCUT2D eigenvalue weighted by molar-refractivity contribution is -0.153. The highest BCUT2D eigenvalue weighted by molar-refractivity contribution is 5.97. The van der Waals surface area contributed by atoms with Crippen molar-refractivity contribution in [1.82, 2.24) is 24.8 Å². The Bertz CT molecular complexity index is 1700. The summed E-state index contributed by atoms with van der Waals surface area (Å²) in [5.74, 6) is 0.864. The average Bonchev–Trinajstić information content (AvgIpc) is 3.51. The van der Waals surface area contributed by atoms with Crippen molar-refractivity contribution in [2.75, 3.05) is 32.8 Å². The van der Waals surface area contributed by atoms with Crippen molar-refractivity contribution in [3.8, 4) is 11.4 Å². The van der Waals surface area contributed by atoms with Crippen LogP contribution in [0.15, 0.2) is 60.8 Å². The summed E-state index contributed by atoms with van der Waals surface area (Å²) in [5.41, 5.74) is 8.75. The number of rotatable bonds is 11. The topological polar surface area (TPSA) is 72.7 Å². The molecule has 3 aromatic carbocycles. The summed E-state index contributed by atoms with van der Waals surface area (Å²) in [6.07, 6.45) is 2.74. The largest absolute Gasteiger partial charge is 0.488 e. The van der Waals surface area contributed by atoms with Gasteiger partial charge in [0.2, 0.25) is 0 Å². The highest BCUT2D eigenvalue weighted by Gasteiger charge is 2.42. The molecule has 256 valence electrons. The van der Waals surface area contributed by atoms with Gasteiger partial charge in [0.1, 0.15) is 12.4 Å². The molecule has 8 nitrogen and oxygen atoms in total. The molecule has 0 saturated carbocycles. The number of morpholine rings is 1. The second-order valence-electron chi connectivity index (χ2n) is 14.7. The molecule has 5 rings (SSSR count). The predicted molar refractivity (Wildman–Crippen MR) is 192 cm³/mol. The van der Waals surface area contributed by atoms with E-state index in [0.29, 0.717) is 25.3 Å². The van der Waals surface area contributed by atoms with Gasteiger partial charge in [0.05, 0.1) is 35.3 Å². The molecule has 1 saturated heterocycles. The third-order valence-electron chi connectivity index (χ3n) is 9.86. The number of aromatic nitrogens is 3. The molecule has 2 heterocycles. The molecule has 48 heavy (non-hydrogen) atoms. The summed E-state index contributed by atoms with van der Waals surface area (Å²) in [6.45, 7) is 24.2. The van der Waals surface area contributed by atoms with E-state index in [9.17, 15) is 4.79 Å². The Kier molecular flexibility index (Phi) is 10.8. The Morgan fingerprint density at radius 3 is 2.33 bits per heavy atom. The summed E-state index contributed by atoms with van der Waals surface area (Å²) in [6, 6.07) is 18.6. The van der Waals surface area contributed by atoms with Gasteiger partial charge in [0.15, 0.2) is 0 Å². The zero-order valence-electron chi connectivity index (χ0n) is 30.4. The Morgan fingerprint density at radius 2 is 1.67 bits per heavy atom. The predicted octanol–water partition coefficient (Wildman–Crippen LogP) is 7.42. The van der Waals surface area contributed by atoms with E-state index >= 15 is 0 Å². The minimum atomic E-state index is -0.195. The molecule has 1 fully saturated rings. The molecule has 8 heteroatoms. The standard InChI is InChI=1S/C40H53N5O3/c1-10-44(24-33-22-30(4)37(31(5)23-33)47-26-32-14-11-28(2)12-15-32)38(46)35-16-13-29(3)21-36(35)45-25-34(41-42-45)17-18-43-19-20-48-40(9,27-43)39(6,7)8/h11-16,21-23,25H,10,17-20,24,26-27H2,1-9H3. The van der Waals surface area contributed by atoms with Crippen molar-refractivity contribution >= 4 is 5.91 Å². The van der Waals surface area contributed by atoms with Crippen molar-refractivity contribution in [2.24, 2.45) is 5.41 Å². The van der Waals surface area contributed by atoms with Gasteiger partial charge in [-0.25, -0.2) is 4.68 Å². The molecule has 1 aliphatic heterocycles. The number of carbonyl (C=O) groups is 1. The van der Waals surface area contributed by atoms with Crippen molar-refractivity contribution in [1.29, 1.82) is 0 Å². The number of carbonyl (C=O) groups excluding carboxylic acids is 1. The molecule has 4 aromatic rings. The molecule has 0 radical (unpaired) electrons. The second kappa shape index (κ2) is 14.6. The molecule has 1 aliphatic rings. The van der Waals surface area contributed by atoms with Gasteiger partial charge < -0.3 is 14.4 Å². The van der Waals surface area contributed by atoms with Gasteiger partial charge in [-0.05, 0) is 86.9 Å². The van der Waals surface area contributed by atoms with Crippen LogP contribution in [0.1, 0.15) is 84.1 Å². The summed E-state index contributed by atoms with van der Waals surface area (Å²) < 4.78 is 14.2. The Labute approximate surface area is 287 Å². The molecular formula is C40H53N5O3. The summed E-state index contributed by atoms with van der Waals surface area (Å²) >= 11 is 0. The highest BCUT2D eigenvalue weighted by Crippen LogP contribution is 2.36. The lowest BCUT2D eigenvalue weighted by atomic mass is 9.76. The van der Waals surface area contributed by atoms with E-state index in [2.05, 4.69) is 100 Å². The first kappa shape index (κ1) is 35.3. The summed E-state index contributed by atoms with van der Waals surface area (Å²) in [7, 11) is 0. The van der Waals surface area contributed by atoms with Crippen LogP contribution in [0.5, 0.6) is 5.75 Å². The Morgan fingerprint density at radius 1 is 0.979 bits per heavy atom. The van der Waals surface area contributed by atoms with Crippen LogP contribution in [0.25, 0.3) is 5.69 Å². The van der Waals surface area contributed by atoms with Crippen molar-refractivity contribution < 1.29 is 14.3 Å². The second-order valence-corrected chi connectivity index (χ2v) is 14.7. The fourth-order valence-corrected chi connectivity index (χ4v) is 6.33. The van der Waals surface area contributed by atoms with E-state index in [4.69, 9.17) is 9.47 Å². The van der Waals surface area contributed by atoms with Gasteiger partial charge >= 0.3 is 0 Å². The van der Waals surface area contributed by atoms with E-state index in [1.165, 1.54) is 5.56 Å². The first-order valence-corrected chi connectivity index (χ1v) is 17.2. The fraction of sp³-hybridized carbons (Fsp3) is 0.475. The zero-order chi connectivity index (χ0) is 34.6. The number of benzene rings is 3. The third kappa shape index (κ3) is 8.16. The Hall–Kier alpha value is -4.01. The lowest BCUT2D eigenvalue weighted by Gasteiger charge is -2.48. The highest BCUT2D eigenvalue weighted by atomic mass is 16.5. The van der Waals surface area contributed by atoms with Crippen molar-refractivity contribution in [2.45, 2.75) is 87.5 Å². The average molecular weight is 652 g/mol. The quantitative estimate of drug-likeness (QED) is 0.168. The third-order valence-corrected chi connectivity index (χ3v) is 9.86. The van der Waals surface area contributed by atoms with Gasteiger partial charge in [0.25, 0.3) is 5.91 Å². The smallest absolute Gasteiger partial charge is 0.256 e. The number of nitrogens with zero attached hydrogens (tertiary/aromatic N) is 5. The molecule has 1 atom stereocenters. The molecule has 1 unspecified atom stereocenters. The van der Waals surface area contributed by atoms with Gasteiger partial charge in [-0.1, -0.05) is 74.0 Å². The van der Waals surface area contributed by atoms with E-state index < -0.39 is 0 Å². The van der Waals surface area contributed by atoms with Crippen LogP contribution < -0.4 is 4.74 Å². The maximum absolute atomic E-state index is 14.1. The SMILES string of the molecule is CCN(Cc1cc(C)c(OCc2ccc(C)cc2)c(C)c1)C(=O)c1ccc(C)cc1-n1cc(CCN2CCOC(C)(C(C)(C)C)C2)nn1. The summed E-state index contributed by atoms with van der Waals surface area (Å²) in [4.78, 5) is 18.5. The van der Waals surface area contributed by atoms with Crippen LogP contribution in [0, 0.1) is 33.1 Å². The van der Waals surface area contributed by atoms with Crippen molar-refractivity contribution in [3.63, 3.8) is 0 Å². The maximum atomic E-state index is 14.1. The molecule has 0 N–H and O–H groups in total. The van der Waals surface area contributed by atoms with Crippen LogP contribution >= 0.6 is 0 Å². The summed E-state index contributed by atoms with van der Waals surface area (Å²) in [5, 5.41) is 9.00. The van der Waals surface area contributed by atoms with Crippen LogP contribution in [-0.2, 0) is 24.3 Å². The Balaban J connectivity index is 1.28. The maximum Gasteiger partial charge on any atom is 0.256 e. The molecule has 0 spiro atoms. The molecule has 0 bridgehead atoms. The number of hydrogen-bond donors (Lipinski definition) is 0. The van der Waals surface area contributed by atoms with Crippen LogP contribution in [0.2, 0.25) is 0 Å². The van der Waals surface area contributed by atoms with Crippen LogP contribution in [0.3, 0.4) is 0 Å². The van der Waals surface area contributed by atoms with Crippen LogP contribution in [0.4, 0.5) is 0 Å². The number of ether oxygens (including phenoxy) is 2. The number of hydrogen-bond acceptors (Lipinski definition) is 6. The van der Waals surface area contributed by atoms with Crippen LogP contribution in [-0.4, -0.2) is 69.1 Å². The van der Waals surface area contributed by atoms with Gasteiger partial charge in [0, 0.05) is 39.1 Å². The minimum Gasteiger partial charge on any atom is -0.488 e.